The zero-order valence-corrected chi connectivity index (χ0v) is 33.1. The van der Waals surface area contributed by atoms with Crippen LogP contribution < -0.4 is 0 Å². The number of benzene rings is 5. The molecule has 0 aliphatic heterocycles. The van der Waals surface area contributed by atoms with E-state index in [0.717, 1.165) is 0 Å². The van der Waals surface area contributed by atoms with Crippen LogP contribution in [0.4, 0.5) is 0 Å². The Labute approximate surface area is 327 Å². The first-order chi connectivity index (χ1) is 26.4. The first-order valence-corrected chi connectivity index (χ1v) is 20.6. The number of allylic oxidation sites excluding steroid dienone is 2. The van der Waals surface area contributed by atoms with Gasteiger partial charge < -0.3 is 0 Å². The first-order valence-electron chi connectivity index (χ1n) is 17.7. The molecule has 0 saturated carbocycles. The molecule has 5 aromatic carbocycles. The highest BCUT2D eigenvalue weighted by Crippen LogP contribution is 2.58. The summed E-state index contributed by atoms with van der Waals surface area (Å²) in [6.45, 7) is 11.3. The van der Waals surface area contributed by atoms with Gasteiger partial charge in [-0.1, -0.05) is 90.1 Å². The third-order valence-electron chi connectivity index (χ3n) is 10.3. The van der Waals surface area contributed by atoms with Crippen molar-refractivity contribution in [2.24, 2.45) is 0 Å². The molecule has 7 rings (SSSR count). The maximum Gasteiger partial charge on any atom is 0.206 e. The number of sulfone groups is 2. The van der Waals surface area contributed by atoms with Crippen LogP contribution in [-0.2, 0) is 30.5 Å². The summed E-state index contributed by atoms with van der Waals surface area (Å²) in [4.78, 5) is 0.289. The third-order valence-corrected chi connectivity index (χ3v) is 13.9. The third kappa shape index (κ3) is 5.66. The predicted molar refractivity (Wildman–Crippen MR) is 213 cm³/mol. The number of hydrogen-bond donors (Lipinski definition) is 0. The lowest BCUT2D eigenvalue weighted by molar-refractivity contribution is 0.561. The predicted octanol–water partition coefficient (Wildman–Crippen LogP) is 9.61. The molecule has 0 amide bonds. The van der Waals surface area contributed by atoms with Crippen LogP contribution in [0.2, 0.25) is 0 Å². The Morgan fingerprint density at radius 2 is 0.839 bits per heavy atom. The second-order valence-corrected chi connectivity index (χ2v) is 19.6. The summed E-state index contributed by atoms with van der Waals surface area (Å²) in [5.41, 5.74) is 3.20. The van der Waals surface area contributed by atoms with Crippen LogP contribution in [0.25, 0.3) is 33.4 Å². The van der Waals surface area contributed by atoms with Crippen molar-refractivity contribution < 1.29 is 16.8 Å². The molecule has 274 valence electrons. The molecule has 0 fully saturated rings. The monoisotopic (exact) mass is 770 g/mol. The van der Waals surface area contributed by atoms with Crippen LogP contribution in [0.1, 0.15) is 74.9 Å². The van der Waals surface area contributed by atoms with E-state index in [1.807, 2.05) is 65.8 Å². The second-order valence-electron chi connectivity index (χ2n) is 15.8. The van der Waals surface area contributed by atoms with Crippen LogP contribution in [0.3, 0.4) is 0 Å². The fourth-order valence-electron chi connectivity index (χ4n) is 7.73. The number of nitrogens with zero attached hydrogens (tertiary/aromatic N) is 4. The summed E-state index contributed by atoms with van der Waals surface area (Å²) in [7, 11) is -8.20. The van der Waals surface area contributed by atoms with Crippen LogP contribution in [0, 0.1) is 45.3 Å². The van der Waals surface area contributed by atoms with Crippen molar-refractivity contribution in [3.05, 3.63) is 142 Å². The van der Waals surface area contributed by atoms with E-state index in [4.69, 9.17) is 0 Å². The van der Waals surface area contributed by atoms with Gasteiger partial charge in [-0.25, -0.2) is 16.8 Å². The fraction of sp³-hybridized carbons (Fsp3) is 0.174. The molecular formula is C46H34N4O4S2. The van der Waals surface area contributed by atoms with Gasteiger partial charge in [0.25, 0.3) is 0 Å². The molecular weight excluding hydrogens is 737 g/mol. The van der Waals surface area contributed by atoms with Crippen LogP contribution in [0.15, 0.2) is 128 Å². The van der Waals surface area contributed by atoms with Gasteiger partial charge in [0.1, 0.15) is 35.4 Å². The van der Waals surface area contributed by atoms with Crippen LogP contribution >= 0.6 is 0 Å². The quantitative estimate of drug-likeness (QED) is 0.160. The number of hydrogen-bond acceptors (Lipinski definition) is 8. The van der Waals surface area contributed by atoms with E-state index in [1.165, 1.54) is 24.3 Å². The van der Waals surface area contributed by atoms with Crippen molar-refractivity contribution in [2.45, 2.75) is 72.0 Å². The highest BCUT2D eigenvalue weighted by Gasteiger charge is 2.41. The molecule has 0 saturated heterocycles. The van der Waals surface area contributed by atoms with Crippen molar-refractivity contribution in [3.8, 4) is 46.5 Å². The lowest BCUT2D eigenvalue weighted by atomic mass is 9.83. The van der Waals surface area contributed by atoms with E-state index in [2.05, 4.69) is 0 Å². The van der Waals surface area contributed by atoms with Gasteiger partial charge in [-0.2, -0.15) is 21.0 Å². The van der Waals surface area contributed by atoms with Gasteiger partial charge in [-0.3, -0.25) is 0 Å². The van der Waals surface area contributed by atoms with E-state index >= 15 is 0 Å². The number of fused-ring (bicyclic) bond motifs is 7. The molecule has 0 spiro atoms. The molecule has 8 nitrogen and oxygen atoms in total. The normalized spacial score (nSPS) is 13.0. The number of rotatable bonds is 4. The number of nitriles is 4. The van der Waals surface area contributed by atoms with Crippen molar-refractivity contribution in [3.63, 3.8) is 0 Å². The largest absolute Gasteiger partial charge is 0.219 e. The minimum absolute atomic E-state index is 0.0308. The average molecular weight is 771 g/mol. The Kier molecular flexibility index (Phi) is 8.79. The Morgan fingerprint density at radius 3 is 1.27 bits per heavy atom. The second kappa shape index (κ2) is 13.0. The summed E-state index contributed by atoms with van der Waals surface area (Å²) in [6, 6.07) is 34.4. The zero-order valence-electron chi connectivity index (χ0n) is 31.5. The Bertz CT molecular complexity index is 3000. The van der Waals surface area contributed by atoms with Gasteiger partial charge in [0.05, 0.1) is 19.6 Å². The summed E-state index contributed by atoms with van der Waals surface area (Å²) in [5, 5.41) is 41.5. The van der Waals surface area contributed by atoms with E-state index in [0.29, 0.717) is 61.2 Å². The standard InChI is InChI=1S/C46H34N4O4S2/c1-45(2,3)37-19-34-33(21-39(37)55(51,52)29-13-9-7-10-14-29)31-17-18-32-41(27(23-47)24-48)35-20-38(46(4,5)6)40(56(53,54)30-15-11-8-12-16-30)22-36(35)43(32)44(31)42(34)28(25-49)26-50/h7-22H,1-6H3. The molecule has 2 aliphatic carbocycles. The summed E-state index contributed by atoms with van der Waals surface area (Å²) >= 11 is 0. The first kappa shape index (κ1) is 37.7. The average Bonchev–Trinajstić information content (AvgIpc) is 3.67. The van der Waals surface area contributed by atoms with Crippen molar-refractivity contribution in [2.75, 3.05) is 0 Å². The van der Waals surface area contributed by atoms with Gasteiger partial charge in [0.15, 0.2) is 0 Å². The molecule has 0 radical (unpaired) electrons. The van der Waals surface area contributed by atoms with Gasteiger partial charge in [0.2, 0.25) is 19.7 Å². The van der Waals surface area contributed by atoms with Gasteiger partial charge >= 0.3 is 0 Å². The summed E-state index contributed by atoms with van der Waals surface area (Å²) in [6.07, 6.45) is 0. The van der Waals surface area contributed by atoms with Crippen molar-refractivity contribution >= 4 is 30.8 Å². The molecule has 0 unspecified atom stereocenters. The van der Waals surface area contributed by atoms with Crippen LogP contribution in [0.5, 0.6) is 0 Å². The smallest absolute Gasteiger partial charge is 0.206 e. The maximum absolute atomic E-state index is 14.5. The Hall–Kier alpha value is -6.56. The highest BCUT2D eigenvalue weighted by molar-refractivity contribution is 7.91. The fourth-order valence-corrected chi connectivity index (χ4v) is 11.1. The molecule has 2 aliphatic rings. The van der Waals surface area contributed by atoms with Gasteiger partial charge in [-0.15, -0.1) is 0 Å². The lowest BCUT2D eigenvalue weighted by Gasteiger charge is -2.25. The van der Waals surface area contributed by atoms with E-state index in [-0.39, 0.29) is 36.3 Å². The van der Waals surface area contributed by atoms with Crippen molar-refractivity contribution in [1.29, 1.82) is 21.0 Å². The van der Waals surface area contributed by atoms with Crippen molar-refractivity contribution in [1.82, 2.24) is 0 Å². The van der Waals surface area contributed by atoms with Gasteiger partial charge in [-0.05, 0) is 109 Å². The minimum Gasteiger partial charge on any atom is -0.219 e. The zero-order chi connectivity index (χ0) is 40.5. The minimum atomic E-state index is -4.13. The summed E-state index contributed by atoms with van der Waals surface area (Å²) in [5.74, 6) is 0. The van der Waals surface area contributed by atoms with E-state index < -0.39 is 30.5 Å². The Morgan fingerprint density at radius 1 is 0.446 bits per heavy atom. The topological polar surface area (TPSA) is 163 Å². The Balaban J connectivity index is 1.67. The molecule has 0 bridgehead atoms. The maximum atomic E-state index is 14.5. The van der Waals surface area contributed by atoms with Crippen LogP contribution in [-0.4, -0.2) is 16.8 Å². The summed E-state index contributed by atoms with van der Waals surface area (Å²) < 4.78 is 57.9. The molecule has 0 N–H and O–H groups in total. The molecule has 10 heteroatoms. The molecule has 0 heterocycles. The SMILES string of the molecule is CC(C)(C)c1cc2c(cc1S(=O)(=O)c1ccccc1)-c1ccc3c(c1C2=C(C#N)C#N)-c1cc(S(=O)(=O)c2ccccc2)c(C(C)(C)C)cc1C3=C(C#N)C#N. The molecule has 5 aromatic rings. The molecule has 0 aromatic heterocycles. The highest BCUT2D eigenvalue weighted by atomic mass is 32.2. The molecule has 0 atom stereocenters. The van der Waals surface area contributed by atoms with Gasteiger partial charge in [0, 0.05) is 16.7 Å². The lowest BCUT2D eigenvalue weighted by Crippen LogP contribution is -2.18. The molecule has 56 heavy (non-hydrogen) atoms. The van der Waals surface area contributed by atoms with E-state index in [9.17, 15) is 37.9 Å². The van der Waals surface area contributed by atoms with E-state index in [1.54, 1.807) is 72.8 Å².